The largest absolute Gasteiger partial charge is 0.489 e. The van der Waals surface area contributed by atoms with Crippen LogP contribution < -0.4 is 10.1 Å². The first-order valence-corrected chi connectivity index (χ1v) is 9.36. The number of benzene rings is 2. The lowest BCUT2D eigenvalue weighted by atomic mass is 9.95. The molecule has 1 saturated carbocycles. The highest BCUT2D eigenvalue weighted by atomic mass is 35.5. The van der Waals surface area contributed by atoms with Crippen LogP contribution in [0.25, 0.3) is 0 Å². The molecule has 0 saturated heterocycles. The molecule has 0 amide bonds. The number of rotatable bonds is 6. The Bertz CT molecular complexity index is 668. The van der Waals surface area contributed by atoms with Crippen molar-refractivity contribution in [1.29, 1.82) is 0 Å². The molecule has 0 aromatic heterocycles. The Morgan fingerprint density at radius 3 is 2.54 bits per heavy atom. The molecule has 0 unspecified atom stereocenters. The maximum Gasteiger partial charge on any atom is 0.124 e. The molecule has 1 fully saturated rings. The van der Waals surface area contributed by atoms with Crippen LogP contribution in [0.1, 0.15) is 43.2 Å². The fourth-order valence-electron chi connectivity index (χ4n) is 3.14. The molecule has 0 aliphatic heterocycles. The van der Waals surface area contributed by atoms with Crippen LogP contribution in [0.2, 0.25) is 10.0 Å². The molecule has 0 heterocycles. The predicted octanol–water partition coefficient (Wildman–Crippen LogP) is 5.99. The molecular weight excluding hydrogens is 341 g/mol. The van der Waals surface area contributed by atoms with Gasteiger partial charge in [0.15, 0.2) is 0 Å². The molecule has 24 heavy (non-hydrogen) atoms. The van der Waals surface area contributed by atoms with Gasteiger partial charge in [0, 0.05) is 18.2 Å². The van der Waals surface area contributed by atoms with Crippen LogP contribution >= 0.6 is 23.2 Å². The van der Waals surface area contributed by atoms with Gasteiger partial charge in [-0.3, -0.25) is 0 Å². The Balaban J connectivity index is 1.59. The zero-order chi connectivity index (χ0) is 16.8. The summed E-state index contributed by atoms with van der Waals surface area (Å²) in [6.45, 7) is 1.33. The lowest BCUT2D eigenvalue weighted by molar-refractivity contribution is 0.300. The summed E-state index contributed by atoms with van der Waals surface area (Å²) in [7, 11) is 0. The lowest BCUT2D eigenvalue weighted by Gasteiger charge is -2.23. The zero-order valence-electron chi connectivity index (χ0n) is 13.7. The Morgan fingerprint density at radius 1 is 0.958 bits per heavy atom. The summed E-state index contributed by atoms with van der Waals surface area (Å²) in [5.74, 6) is 0.923. The van der Waals surface area contributed by atoms with E-state index in [-0.39, 0.29) is 0 Å². The van der Waals surface area contributed by atoms with Crippen molar-refractivity contribution >= 4 is 23.2 Å². The van der Waals surface area contributed by atoms with Gasteiger partial charge in [0.05, 0.1) is 10.0 Å². The summed E-state index contributed by atoms with van der Waals surface area (Å²) in [5.41, 5.74) is 2.21. The SMILES string of the molecule is Clc1ccc(COc2ccccc2CNC2CCCCC2)cc1Cl. The number of halogens is 2. The molecule has 3 rings (SSSR count). The quantitative estimate of drug-likeness (QED) is 0.679. The molecule has 0 spiro atoms. The standard InChI is InChI=1S/C20H23Cl2NO/c21-18-11-10-15(12-19(18)22)14-24-20-9-5-4-6-16(20)13-23-17-7-2-1-3-8-17/h4-6,9-12,17,23H,1-3,7-8,13-14H2. The lowest BCUT2D eigenvalue weighted by Crippen LogP contribution is -2.30. The van der Waals surface area contributed by atoms with E-state index in [1.807, 2.05) is 24.3 Å². The van der Waals surface area contributed by atoms with Crippen molar-refractivity contribution in [3.05, 3.63) is 63.6 Å². The number of hydrogen-bond donors (Lipinski definition) is 1. The predicted molar refractivity (Wildman–Crippen MR) is 101 cm³/mol. The van der Waals surface area contributed by atoms with Crippen LogP contribution in [0.15, 0.2) is 42.5 Å². The summed E-state index contributed by atoms with van der Waals surface area (Å²) in [6.07, 6.45) is 6.63. The Morgan fingerprint density at radius 2 is 1.75 bits per heavy atom. The topological polar surface area (TPSA) is 21.3 Å². The summed E-state index contributed by atoms with van der Waals surface area (Å²) >= 11 is 12.0. The molecule has 2 aromatic carbocycles. The van der Waals surface area contributed by atoms with E-state index in [1.54, 1.807) is 6.07 Å². The van der Waals surface area contributed by atoms with Gasteiger partial charge in [0.2, 0.25) is 0 Å². The van der Waals surface area contributed by atoms with Gasteiger partial charge in [-0.2, -0.15) is 0 Å². The van der Waals surface area contributed by atoms with Gasteiger partial charge < -0.3 is 10.1 Å². The first-order valence-electron chi connectivity index (χ1n) is 8.60. The highest BCUT2D eigenvalue weighted by Gasteiger charge is 2.13. The van der Waals surface area contributed by atoms with E-state index in [1.165, 1.54) is 37.7 Å². The van der Waals surface area contributed by atoms with Crippen LogP contribution in [-0.4, -0.2) is 6.04 Å². The van der Waals surface area contributed by atoms with Gasteiger partial charge in [-0.1, -0.05) is 66.7 Å². The van der Waals surface area contributed by atoms with Gasteiger partial charge in [0.25, 0.3) is 0 Å². The summed E-state index contributed by atoms with van der Waals surface area (Å²) in [6, 6.07) is 14.5. The van der Waals surface area contributed by atoms with E-state index in [0.29, 0.717) is 22.7 Å². The van der Waals surface area contributed by atoms with E-state index in [9.17, 15) is 0 Å². The maximum absolute atomic E-state index is 6.07. The third kappa shape index (κ3) is 4.89. The molecule has 1 aliphatic rings. The highest BCUT2D eigenvalue weighted by molar-refractivity contribution is 6.42. The number of hydrogen-bond acceptors (Lipinski definition) is 2. The first-order chi connectivity index (χ1) is 11.7. The molecule has 1 aliphatic carbocycles. The van der Waals surface area contributed by atoms with Crippen molar-refractivity contribution in [2.24, 2.45) is 0 Å². The molecule has 2 nitrogen and oxygen atoms in total. The molecule has 4 heteroatoms. The molecule has 0 radical (unpaired) electrons. The average molecular weight is 364 g/mol. The molecular formula is C20H23Cl2NO. The summed E-state index contributed by atoms with van der Waals surface area (Å²) < 4.78 is 6.02. The maximum atomic E-state index is 6.07. The second-order valence-corrected chi connectivity index (χ2v) is 7.18. The molecule has 128 valence electrons. The average Bonchev–Trinajstić information content (AvgIpc) is 2.62. The van der Waals surface area contributed by atoms with Crippen molar-refractivity contribution < 1.29 is 4.74 Å². The third-order valence-corrected chi connectivity index (χ3v) is 5.28. The molecule has 0 atom stereocenters. The van der Waals surface area contributed by atoms with Crippen LogP contribution in [0.3, 0.4) is 0 Å². The van der Waals surface area contributed by atoms with Gasteiger partial charge in [-0.05, 0) is 36.6 Å². The van der Waals surface area contributed by atoms with Crippen LogP contribution in [-0.2, 0) is 13.2 Å². The summed E-state index contributed by atoms with van der Waals surface area (Å²) in [4.78, 5) is 0. The van der Waals surface area contributed by atoms with Gasteiger partial charge >= 0.3 is 0 Å². The Hall–Kier alpha value is -1.22. The highest BCUT2D eigenvalue weighted by Crippen LogP contribution is 2.25. The molecule has 0 bridgehead atoms. The zero-order valence-corrected chi connectivity index (χ0v) is 15.2. The van der Waals surface area contributed by atoms with Gasteiger partial charge in [0.1, 0.15) is 12.4 Å². The van der Waals surface area contributed by atoms with Crippen LogP contribution in [0, 0.1) is 0 Å². The van der Waals surface area contributed by atoms with Crippen molar-refractivity contribution in [2.45, 2.75) is 51.3 Å². The van der Waals surface area contributed by atoms with Crippen molar-refractivity contribution in [2.75, 3.05) is 0 Å². The van der Waals surface area contributed by atoms with E-state index < -0.39 is 0 Å². The van der Waals surface area contributed by atoms with Crippen molar-refractivity contribution in [3.63, 3.8) is 0 Å². The van der Waals surface area contributed by atoms with Crippen molar-refractivity contribution in [3.8, 4) is 5.75 Å². The number of nitrogens with one attached hydrogen (secondary N) is 1. The van der Waals surface area contributed by atoms with E-state index in [2.05, 4.69) is 17.4 Å². The van der Waals surface area contributed by atoms with Crippen LogP contribution in [0.5, 0.6) is 5.75 Å². The minimum absolute atomic E-state index is 0.483. The fourth-order valence-corrected chi connectivity index (χ4v) is 3.46. The number of para-hydroxylation sites is 1. The molecule has 1 N–H and O–H groups in total. The van der Waals surface area contributed by atoms with E-state index >= 15 is 0 Å². The van der Waals surface area contributed by atoms with Gasteiger partial charge in [-0.15, -0.1) is 0 Å². The number of ether oxygens (including phenoxy) is 1. The smallest absolute Gasteiger partial charge is 0.124 e. The van der Waals surface area contributed by atoms with E-state index in [0.717, 1.165) is 17.9 Å². The van der Waals surface area contributed by atoms with Crippen molar-refractivity contribution in [1.82, 2.24) is 5.32 Å². The second kappa shape index (κ2) is 8.75. The second-order valence-electron chi connectivity index (χ2n) is 6.36. The Labute approximate surface area is 154 Å². The monoisotopic (exact) mass is 363 g/mol. The molecule has 2 aromatic rings. The van der Waals surface area contributed by atoms with Crippen LogP contribution in [0.4, 0.5) is 0 Å². The first kappa shape index (κ1) is 17.6. The minimum atomic E-state index is 0.483. The van der Waals surface area contributed by atoms with E-state index in [4.69, 9.17) is 27.9 Å². The summed E-state index contributed by atoms with van der Waals surface area (Å²) in [5, 5.41) is 4.80. The fraction of sp³-hybridized carbons (Fsp3) is 0.400. The Kier molecular flexibility index (Phi) is 6.42. The normalized spacial score (nSPS) is 15.4. The van der Waals surface area contributed by atoms with Gasteiger partial charge in [-0.25, -0.2) is 0 Å². The minimum Gasteiger partial charge on any atom is -0.489 e. The third-order valence-electron chi connectivity index (χ3n) is 4.54.